The predicted molar refractivity (Wildman–Crippen MR) is 66.7 cm³/mol. The maximum Gasteiger partial charge on any atom is 0.438 e. The van der Waals surface area contributed by atoms with E-state index in [9.17, 15) is 23.1 Å². The van der Waals surface area contributed by atoms with E-state index in [1.54, 1.807) is 0 Å². The first-order valence-corrected chi connectivity index (χ1v) is 6.84. The molecule has 0 aromatic rings. The third-order valence-electron chi connectivity index (χ3n) is 3.64. The molecule has 4 nitrogen and oxygen atoms in total. The highest BCUT2D eigenvalue weighted by Gasteiger charge is 2.64. The van der Waals surface area contributed by atoms with Crippen LogP contribution in [-0.4, -0.2) is 33.6 Å². The minimum Gasteiger partial charge on any atom is -0.362 e. The van der Waals surface area contributed by atoms with Crippen LogP contribution >= 0.6 is 0 Å². The van der Waals surface area contributed by atoms with Crippen LogP contribution in [0.1, 0.15) is 46.0 Å². The first kappa shape index (κ1) is 15.3. The number of aliphatic hydroxyl groups is 1. The lowest BCUT2D eigenvalue weighted by atomic mass is 9.99. The summed E-state index contributed by atoms with van der Waals surface area (Å²) in [7, 11) is 0. The van der Waals surface area contributed by atoms with Gasteiger partial charge in [-0.3, -0.25) is 4.79 Å². The van der Waals surface area contributed by atoms with E-state index in [1.165, 1.54) is 0 Å². The molecule has 0 spiro atoms. The number of hydrogen-bond acceptors (Lipinski definition) is 3. The van der Waals surface area contributed by atoms with Gasteiger partial charge in [0.15, 0.2) is 0 Å². The molecule has 1 atom stereocenters. The predicted octanol–water partition coefficient (Wildman–Crippen LogP) is 2.67. The maximum atomic E-state index is 13.1. The zero-order valence-corrected chi connectivity index (χ0v) is 11.6. The zero-order chi connectivity index (χ0) is 15.1. The average molecular weight is 292 g/mol. The van der Waals surface area contributed by atoms with Crippen LogP contribution in [0.5, 0.6) is 0 Å². The van der Waals surface area contributed by atoms with Crippen molar-refractivity contribution in [3.8, 4) is 0 Å². The molecular formula is C13H19F3N2O2. The van der Waals surface area contributed by atoms with Crippen LogP contribution in [-0.2, 0) is 4.79 Å². The minimum absolute atomic E-state index is 0.243. The zero-order valence-electron chi connectivity index (χ0n) is 11.6. The number of carbonyl (C=O) groups is 1. The fourth-order valence-electron chi connectivity index (χ4n) is 2.17. The average Bonchev–Trinajstić information content (AvgIpc) is 3.09. The van der Waals surface area contributed by atoms with Crippen LogP contribution in [0.3, 0.4) is 0 Å². The van der Waals surface area contributed by atoms with Gasteiger partial charge in [-0.05, 0) is 31.6 Å². The van der Waals surface area contributed by atoms with Gasteiger partial charge < -0.3 is 5.11 Å². The van der Waals surface area contributed by atoms with Gasteiger partial charge in [-0.15, -0.1) is 0 Å². The summed E-state index contributed by atoms with van der Waals surface area (Å²) in [5, 5.41) is 14.0. The second-order valence-corrected chi connectivity index (χ2v) is 6.01. The number of carbonyl (C=O) groups excluding carboxylic acids is 1. The lowest BCUT2D eigenvalue weighted by Crippen LogP contribution is -2.57. The first-order valence-electron chi connectivity index (χ1n) is 6.84. The summed E-state index contributed by atoms with van der Waals surface area (Å²) in [5.41, 5.74) is -2.92. The molecule has 0 bridgehead atoms. The van der Waals surface area contributed by atoms with Crippen molar-refractivity contribution in [3.63, 3.8) is 0 Å². The molecule has 1 aliphatic heterocycles. The van der Waals surface area contributed by atoms with Gasteiger partial charge in [-0.2, -0.15) is 23.3 Å². The number of alkyl halides is 3. The Labute approximate surface area is 115 Å². The summed E-state index contributed by atoms with van der Waals surface area (Å²) in [5.74, 6) is -0.814. The Hall–Kier alpha value is -1.11. The molecule has 2 rings (SSSR count). The number of rotatable bonds is 4. The number of hydrogen-bond donors (Lipinski definition) is 1. The SMILES string of the molecule is CC(C)CCC1=NN(C(=O)C2CC2)[C@](O)(C(F)(F)F)C1. The molecule has 0 radical (unpaired) electrons. The van der Waals surface area contributed by atoms with Gasteiger partial charge in [0.2, 0.25) is 5.91 Å². The molecule has 1 aliphatic carbocycles. The third kappa shape index (κ3) is 2.82. The highest BCUT2D eigenvalue weighted by atomic mass is 19.4. The molecule has 114 valence electrons. The summed E-state index contributed by atoms with van der Waals surface area (Å²) < 4.78 is 39.3. The van der Waals surface area contributed by atoms with Crippen molar-refractivity contribution < 1.29 is 23.1 Å². The van der Waals surface area contributed by atoms with Gasteiger partial charge in [-0.25, -0.2) is 0 Å². The second kappa shape index (κ2) is 5.02. The fourth-order valence-corrected chi connectivity index (χ4v) is 2.17. The summed E-state index contributed by atoms with van der Waals surface area (Å²) >= 11 is 0. The largest absolute Gasteiger partial charge is 0.438 e. The summed E-state index contributed by atoms with van der Waals surface area (Å²) in [6.07, 6.45) is -3.36. The molecule has 0 unspecified atom stereocenters. The Kier molecular flexibility index (Phi) is 3.83. The molecule has 1 amide bonds. The quantitative estimate of drug-likeness (QED) is 0.866. The van der Waals surface area contributed by atoms with Gasteiger partial charge in [0, 0.05) is 18.1 Å². The lowest BCUT2D eigenvalue weighted by molar-refractivity contribution is -0.302. The molecule has 1 saturated carbocycles. The maximum absolute atomic E-state index is 13.1. The first-order chi connectivity index (χ1) is 9.15. The van der Waals surface area contributed by atoms with Gasteiger partial charge in [0.25, 0.3) is 5.72 Å². The van der Waals surface area contributed by atoms with E-state index in [1.807, 2.05) is 13.8 Å². The van der Waals surface area contributed by atoms with Crippen molar-refractivity contribution in [3.05, 3.63) is 0 Å². The Morgan fingerprint density at radius 1 is 1.50 bits per heavy atom. The Morgan fingerprint density at radius 3 is 2.55 bits per heavy atom. The van der Waals surface area contributed by atoms with E-state index in [-0.39, 0.29) is 10.7 Å². The summed E-state index contributed by atoms with van der Waals surface area (Å²) in [6.45, 7) is 3.91. The van der Waals surface area contributed by atoms with Crippen LogP contribution in [0.15, 0.2) is 5.10 Å². The highest BCUT2D eigenvalue weighted by Crippen LogP contribution is 2.44. The Bertz CT molecular complexity index is 430. The van der Waals surface area contributed by atoms with Gasteiger partial charge in [0.05, 0.1) is 0 Å². The number of halogens is 3. The monoisotopic (exact) mass is 292 g/mol. The molecule has 0 aromatic carbocycles. The van der Waals surface area contributed by atoms with Crippen LogP contribution in [0.4, 0.5) is 13.2 Å². The van der Waals surface area contributed by atoms with E-state index >= 15 is 0 Å². The molecule has 20 heavy (non-hydrogen) atoms. The molecule has 2 aliphatic rings. The molecule has 7 heteroatoms. The van der Waals surface area contributed by atoms with Crippen LogP contribution in [0.25, 0.3) is 0 Å². The molecule has 1 heterocycles. The molecule has 1 fully saturated rings. The molecule has 1 N–H and O–H groups in total. The smallest absolute Gasteiger partial charge is 0.362 e. The molecule has 0 saturated heterocycles. The van der Waals surface area contributed by atoms with Crippen molar-refractivity contribution in [2.45, 2.75) is 57.9 Å². The number of amides is 1. The van der Waals surface area contributed by atoms with E-state index in [0.29, 0.717) is 31.6 Å². The number of nitrogens with zero attached hydrogens (tertiary/aromatic N) is 2. The summed E-state index contributed by atoms with van der Waals surface area (Å²) in [4.78, 5) is 11.9. The fraction of sp³-hybridized carbons (Fsp3) is 0.846. The highest BCUT2D eigenvalue weighted by molar-refractivity contribution is 5.91. The van der Waals surface area contributed by atoms with Crippen LogP contribution < -0.4 is 0 Å². The van der Waals surface area contributed by atoms with Crippen molar-refractivity contribution in [1.82, 2.24) is 5.01 Å². The van der Waals surface area contributed by atoms with Gasteiger partial charge in [0.1, 0.15) is 0 Å². The standard InChI is InChI=1S/C13H19F3N2O2/c1-8(2)3-6-10-7-12(20,13(14,15)16)18(17-10)11(19)9-4-5-9/h8-9,20H,3-7H2,1-2H3/t12-/m1/s1. The normalized spacial score (nSPS) is 27.1. The number of hydrazone groups is 1. The second-order valence-electron chi connectivity index (χ2n) is 6.01. The topological polar surface area (TPSA) is 52.9 Å². The van der Waals surface area contributed by atoms with E-state index < -0.39 is 30.1 Å². The van der Waals surface area contributed by atoms with Crippen molar-refractivity contribution in [2.75, 3.05) is 0 Å². The van der Waals surface area contributed by atoms with Gasteiger partial charge in [-0.1, -0.05) is 13.8 Å². The summed E-state index contributed by atoms with van der Waals surface area (Å²) in [6, 6.07) is 0. The lowest BCUT2D eigenvalue weighted by Gasteiger charge is -2.32. The van der Waals surface area contributed by atoms with E-state index in [0.717, 1.165) is 0 Å². The van der Waals surface area contributed by atoms with Crippen molar-refractivity contribution >= 4 is 11.6 Å². The Morgan fingerprint density at radius 2 is 2.10 bits per heavy atom. The molecule has 0 aromatic heterocycles. The minimum atomic E-state index is -4.90. The molecular weight excluding hydrogens is 273 g/mol. The van der Waals surface area contributed by atoms with Crippen LogP contribution in [0, 0.1) is 11.8 Å². The Balaban J connectivity index is 2.18. The van der Waals surface area contributed by atoms with E-state index in [2.05, 4.69) is 5.10 Å². The van der Waals surface area contributed by atoms with Crippen LogP contribution in [0.2, 0.25) is 0 Å². The van der Waals surface area contributed by atoms with Crippen molar-refractivity contribution in [1.29, 1.82) is 0 Å². The third-order valence-corrected chi connectivity index (χ3v) is 3.64. The van der Waals surface area contributed by atoms with Crippen molar-refractivity contribution in [2.24, 2.45) is 16.9 Å². The van der Waals surface area contributed by atoms with Gasteiger partial charge >= 0.3 is 6.18 Å². The van der Waals surface area contributed by atoms with E-state index in [4.69, 9.17) is 0 Å².